The second kappa shape index (κ2) is 6.75. The Labute approximate surface area is 157 Å². The van der Waals surface area contributed by atoms with E-state index in [0.717, 1.165) is 11.3 Å². The Morgan fingerprint density at radius 1 is 1.26 bits per heavy atom. The number of hydrogen-bond acceptors (Lipinski definition) is 5. The van der Waals surface area contributed by atoms with E-state index in [1.54, 1.807) is 29.0 Å². The third-order valence-electron chi connectivity index (χ3n) is 4.45. The van der Waals surface area contributed by atoms with Crippen molar-refractivity contribution in [2.24, 2.45) is 0 Å². The molecule has 138 valence electrons. The van der Waals surface area contributed by atoms with E-state index < -0.39 is 0 Å². The maximum absolute atomic E-state index is 13.1. The molecule has 1 aliphatic heterocycles. The molecule has 0 saturated carbocycles. The average molecular weight is 364 g/mol. The number of carbonyl (C=O) groups excluding carboxylic acids is 1. The molecule has 1 aromatic heterocycles. The lowest BCUT2D eigenvalue weighted by atomic mass is 10.1. The van der Waals surface area contributed by atoms with E-state index in [-0.39, 0.29) is 17.7 Å². The quantitative estimate of drug-likeness (QED) is 0.715. The van der Waals surface area contributed by atoms with Gasteiger partial charge in [-0.25, -0.2) is 4.68 Å². The monoisotopic (exact) mass is 364 g/mol. The fourth-order valence-electron chi connectivity index (χ4n) is 3.13. The molecule has 0 radical (unpaired) electrons. The number of nitrogens with zero attached hydrogens (tertiary/aromatic N) is 4. The summed E-state index contributed by atoms with van der Waals surface area (Å²) in [6.07, 6.45) is 1.53. The first-order valence-electron chi connectivity index (χ1n) is 8.71. The first-order valence-corrected chi connectivity index (χ1v) is 8.71. The van der Waals surface area contributed by atoms with Crippen molar-refractivity contribution in [2.75, 3.05) is 18.6 Å². The van der Waals surface area contributed by atoms with E-state index in [9.17, 15) is 4.79 Å². The van der Waals surface area contributed by atoms with Gasteiger partial charge < -0.3 is 9.47 Å². The van der Waals surface area contributed by atoms with Crippen LogP contribution in [-0.2, 0) is 0 Å². The summed E-state index contributed by atoms with van der Waals surface area (Å²) >= 11 is 0. The zero-order valence-corrected chi connectivity index (χ0v) is 15.4. The van der Waals surface area contributed by atoms with Gasteiger partial charge in [-0.15, -0.1) is 5.10 Å². The van der Waals surface area contributed by atoms with Gasteiger partial charge >= 0.3 is 0 Å². The van der Waals surface area contributed by atoms with Gasteiger partial charge in [0.1, 0.15) is 17.6 Å². The van der Waals surface area contributed by atoms with Gasteiger partial charge in [-0.05, 0) is 43.7 Å². The van der Waals surface area contributed by atoms with E-state index in [2.05, 4.69) is 10.3 Å². The summed E-state index contributed by atoms with van der Waals surface area (Å²) in [5.74, 6) is 1.08. The Hall–Kier alpha value is -3.35. The normalized spacial score (nSPS) is 15.8. The molecule has 4 rings (SSSR count). The molecule has 7 heteroatoms. The lowest BCUT2D eigenvalue weighted by molar-refractivity contribution is 0.0956. The Bertz CT molecular complexity index is 998. The van der Waals surface area contributed by atoms with Crippen LogP contribution in [-0.4, -0.2) is 40.7 Å². The summed E-state index contributed by atoms with van der Waals surface area (Å²) in [6, 6.07) is 13.3. The molecule has 1 amide bonds. The highest BCUT2D eigenvalue weighted by molar-refractivity contribution is 6.06. The van der Waals surface area contributed by atoms with Crippen LogP contribution in [0.3, 0.4) is 0 Å². The highest BCUT2D eigenvalue weighted by Crippen LogP contribution is 2.37. The number of anilines is 1. The third-order valence-corrected chi connectivity index (χ3v) is 4.45. The van der Waals surface area contributed by atoms with Crippen LogP contribution in [0.15, 0.2) is 48.7 Å². The van der Waals surface area contributed by atoms with E-state index >= 15 is 0 Å². The van der Waals surface area contributed by atoms with Crippen LogP contribution < -0.4 is 14.4 Å². The van der Waals surface area contributed by atoms with Crippen LogP contribution in [0.1, 0.15) is 23.0 Å². The van der Waals surface area contributed by atoms with Gasteiger partial charge in [-0.3, -0.25) is 9.69 Å². The molecular formula is C20H20N4O3. The number of hydrogen-bond donors (Lipinski definition) is 0. The summed E-state index contributed by atoms with van der Waals surface area (Å²) in [6.45, 7) is 4.36. The highest BCUT2D eigenvalue weighted by atomic mass is 16.5. The van der Waals surface area contributed by atoms with E-state index in [4.69, 9.17) is 9.47 Å². The molecule has 3 aromatic rings. The molecule has 0 aliphatic carbocycles. The summed E-state index contributed by atoms with van der Waals surface area (Å²) in [4.78, 5) is 14.8. The van der Waals surface area contributed by atoms with E-state index in [1.807, 2.05) is 50.2 Å². The van der Waals surface area contributed by atoms with Gasteiger partial charge in [-0.1, -0.05) is 17.3 Å². The number of ether oxygens (including phenoxy) is 2. The number of aromatic nitrogens is 3. The van der Waals surface area contributed by atoms with Gasteiger partial charge in [0.25, 0.3) is 5.91 Å². The molecule has 7 nitrogen and oxygen atoms in total. The number of amides is 1. The fraction of sp³-hybridized carbons (Fsp3) is 0.250. The van der Waals surface area contributed by atoms with Gasteiger partial charge in [-0.2, -0.15) is 0 Å². The maximum atomic E-state index is 13.1. The Morgan fingerprint density at radius 3 is 2.89 bits per heavy atom. The first kappa shape index (κ1) is 17.1. The first-order chi connectivity index (χ1) is 13.0. The van der Waals surface area contributed by atoms with Crippen LogP contribution >= 0.6 is 0 Å². The van der Waals surface area contributed by atoms with Crippen molar-refractivity contribution in [3.05, 3.63) is 59.9 Å². The van der Waals surface area contributed by atoms with Crippen molar-refractivity contribution in [3.63, 3.8) is 0 Å². The molecule has 1 atom stereocenters. The molecule has 2 aromatic carbocycles. The predicted molar refractivity (Wildman–Crippen MR) is 101 cm³/mol. The Morgan fingerprint density at radius 2 is 2.11 bits per heavy atom. The zero-order valence-electron chi connectivity index (χ0n) is 15.4. The Balaban J connectivity index is 1.68. The van der Waals surface area contributed by atoms with Crippen molar-refractivity contribution in [1.82, 2.24) is 15.0 Å². The lowest BCUT2D eigenvalue weighted by Crippen LogP contribution is -2.42. The summed E-state index contributed by atoms with van der Waals surface area (Å²) in [5.41, 5.74) is 2.92. The van der Waals surface area contributed by atoms with E-state index in [0.29, 0.717) is 23.7 Å². The van der Waals surface area contributed by atoms with Crippen LogP contribution in [0.5, 0.6) is 11.5 Å². The molecule has 0 fully saturated rings. The van der Waals surface area contributed by atoms with Gasteiger partial charge in [0.15, 0.2) is 5.69 Å². The molecule has 0 unspecified atom stereocenters. The number of benzene rings is 2. The minimum Gasteiger partial charge on any atom is -0.497 e. The second-order valence-corrected chi connectivity index (χ2v) is 6.57. The minimum atomic E-state index is -0.224. The van der Waals surface area contributed by atoms with Crippen molar-refractivity contribution in [1.29, 1.82) is 0 Å². The molecule has 1 aliphatic rings. The average Bonchev–Trinajstić information content (AvgIpc) is 3.16. The largest absolute Gasteiger partial charge is 0.497 e. The van der Waals surface area contributed by atoms with Crippen molar-refractivity contribution in [2.45, 2.75) is 20.0 Å². The Kier molecular flexibility index (Phi) is 4.27. The van der Waals surface area contributed by atoms with Gasteiger partial charge in [0.2, 0.25) is 0 Å². The summed E-state index contributed by atoms with van der Waals surface area (Å²) in [7, 11) is 1.59. The fourth-order valence-corrected chi connectivity index (χ4v) is 3.13. The number of aryl methyl sites for hydroxylation is 1. The molecule has 0 saturated heterocycles. The van der Waals surface area contributed by atoms with Gasteiger partial charge in [0, 0.05) is 6.07 Å². The molecule has 0 N–H and O–H groups in total. The van der Waals surface area contributed by atoms with Crippen molar-refractivity contribution in [3.8, 4) is 17.2 Å². The SMILES string of the molecule is COc1ccc2c(c1)N(C(=O)c1cn(-c3cccc(C)c3)nn1)C[C@H](C)O2. The van der Waals surface area contributed by atoms with Crippen LogP contribution in [0.4, 0.5) is 5.69 Å². The van der Waals surface area contributed by atoms with Crippen molar-refractivity contribution < 1.29 is 14.3 Å². The predicted octanol–water partition coefficient (Wildman–Crippen LogP) is 3.01. The van der Waals surface area contributed by atoms with Crippen LogP contribution in [0.25, 0.3) is 5.69 Å². The summed E-state index contributed by atoms with van der Waals surface area (Å²) in [5, 5.41) is 8.20. The summed E-state index contributed by atoms with van der Waals surface area (Å²) < 4.78 is 12.7. The molecule has 2 heterocycles. The number of methoxy groups -OCH3 is 1. The second-order valence-electron chi connectivity index (χ2n) is 6.57. The van der Waals surface area contributed by atoms with Crippen molar-refractivity contribution >= 4 is 11.6 Å². The standard InChI is InChI=1S/C20H20N4O3/c1-13-5-4-6-15(9-13)24-12-17(21-22-24)20(25)23-11-14(2)27-19-8-7-16(26-3)10-18(19)23/h4-10,12,14H,11H2,1-3H3/t14-/m0/s1. The number of carbonyl (C=O) groups is 1. The van der Waals surface area contributed by atoms with Crippen LogP contribution in [0, 0.1) is 6.92 Å². The zero-order chi connectivity index (χ0) is 19.0. The molecular weight excluding hydrogens is 344 g/mol. The van der Waals surface area contributed by atoms with E-state index in [1.165, 1.54) is 0 Å². The minimum absolute atomic E-state index is 0.123. The van der Waals surface area contributed by atoms with Crippen LogP contribution in [0.2, 0.25) is 0 Å². The smallest absolute Gasteiger partial charge is 0.280 e. The number of fused-ring (bicyclic) bond motifs is 1. The lowest BCUT2D eigenvalue weighted by Gasteiger charge is -2.33. The highest BCUT2D eigenvalue weighted by Gasteiger charge is 2.30. The number of rotatable bonds is 3. The molecule has 27 heavy (non-hydrogen) atoms. The maximum Gasteiger partial charge on any atom is 0.280 e. The topological polar surface area (TPSA) is 69.5 Å². The third kappa shape index (κ3) is 3.23. The van der Waals surface area contributed by atoms with Gasteiger partial charge in [0.05, 0.1) is 31.2 Å². The molecule has 0 bridgehead atoms. The molecule has 0 spiro atoms.